The summed E-state index contributed by atoms with van der Waals surface area (Å²) in [5.74, 6) is -0.0233. The number of methoxy groups -OCH3 is 1. The van der Waals surface area contributed by atoms with Crippen LogP contribution in [0.1, 0.15) is 58.5 Å². The summed E-state index contributed by atoms with van der Waals surface area (Å²) in [6, 6.07) is 16.4. The number of aromatic nitrogens is 1. The molecular formula is C31H34ClN3O5S. The van der Waals surface area contributed by atoms with Crippen molar-refractivity contribution in [1.29, 1.82) is 0 Å². The first kappa shape index (κ1) is 30.1. The molecule has 0 spiro atoms. The first-order valence-corrected chi connectivity index (χ1v) is 15.3. The lowest BCUT2D eigenvalue weighted by Gasteiger charge is -2.13. The van der Waals surface area contributed by atoms with Gasteiger partial charge in [-0.05, 0) is 59.5 Å². The van der Waals surface area contributed by atoms with Gasteiger partial charge in [-0.3, -0.25) is 9.59 Å². The summed E-state index contributed by atoms with van der Waals surface area (Å²) < 4.78 is 35.1. The average Bonchev–Trinajstić information content (AvgIpc) is 3.27. The predicted octanol–water partition coefficient (Wildman–Crippen LogP) is 5.72. The van der Waals surface area contributed by atoms with E-state index in [0.29, 0.717) is 30.2 Å². The normalized spacial score (nSPS) is 11.6. The summed E-state index contributed by atoms with van der Waals surface area (Å²) in [6.07, 6.45) is 4.50. The van der Waals surface area contributed by atoms with Crippen LogP contribution in [-0.2, 0) is 23.5 Å². The second-order valence-electron chi connectivity index (χ2n) is 9.96. The molecule has 8 nitrogen and oxygen atoms in total. The minimum absolute atomic E-state index is 0.0163. The average molecular weight is 596 g/mol. The molecule has 0 aliphatic rings. The van der Waals surface area contributed by atoms with Crippen LogP contribution in [-0.4, -0.2) is 38.5 Å². The summed E-state index contributed by atoms with van der Waals surface area (Å²) in [4.78, 5) is 25.6. The molecule has 2 amide bonds. The minimum atomic E-state index is -4.17. The molecule has 0 aliphatic heterocycles. The van der Waals surface area contributed by atoms with E-state index in [1.807, 2.05) is 36.0 Å². The van der Waals surface area contributed by atoms with Gasteiger partial charge in [-0.2, -0.15) is 0 Å². The molecule has 1 aromatic heterocycles. The highest BCUT2D eigenvalue weighted by Crippen LogP contribution is 2.29. The van der Waals surface area contributed by atoms with Gasteiger partial charge in [0, 0.05) is 48.2 Å². The van der Waals surface area contributed by atoms with Crippen LogP contribution >= 0.6 is 11.6 Å². The van der Waals surface area contributed by atoms with E-state index in [0.717, 1.165) is 34.9 Å². The van der Waals surface area contributed by atoms with Crippen LogP contribution in [0.2, 0.25) is 5.02 Å². The number of hydrogen-bond acceptors (Lipinski definition) is 5. The van der Waals surface area contributed by atoms with E-state index in [1.54, 1.807) is 18.2 Å². The van der Waals surface area contributed by atoms with Gasteiger partial charge in [0.2, 0.25) is 0 Å². The van der Waals surface area contributed by atoms with Crippen molar-refractivity contribution in [2.45, 2.75) is 38.0 Å². The van der Waals surface area contributed by atoms with E-state index in [9.17, 15) is 18.0 Å². The standard InChI is InChI=1S/C31H34ClN3O5S/c1-5-20(6-2)18-33-30(36)22-13-14-27-25(16-22)24(19-35(27)3)15-21-11-12-23(17-28(21)40-4)31(37)34-41(38,39)29-10-8-7-9-26(29)32/h7-14,16-17,19-20H,5-6,15,18H2,1-4H3,(H,33,36)(H,34,37). The molecular weight excluding hydrogens is 562 g/mol. The molecule has 0 fully saturated rings. The summed E-state index contributed by atoms with van der Waals surface area (Å²) in [7, 11) is -0.730. The number of carbonyl (C=O) groups excluding carboxylic acids is 2. The van der Waals surface area contributed by atoms with Crippen LogP contribution in [0.5, 0.6) is 5.75 Å². The molecule has 2 N–H and O–H groups in total. The molecule has 0 saturated heterocycles. The van der Waals surface area contributed by atoms with Gasteiger partial charge < -0.3 is 14.6 Å². The second-order valence-corrected chi connectivity index (χ2v) is 12.0. The number of nitrogens with zero attached hydrogens (tertiary/aromatic N) is 1. The van der Waals surface area contributed by atoms with Crippen LogP contribution in [0.15, 0.2) is 71.8 Å². The number of amides is 2. The van der Waals surface area contributed by atoms with E-state index in [2.05, 4.69) is 23.9 Å². The summed E-state index contributed by atoms with van der Waals surface area (Å²) >= 11 is 6.02. The van der Waals surface area contributed by atoms with Crippen LogP contribution in [0.3, 0.4) is 0 Å². The number of aryl methyl sites for hydroxylation is 1. The Labute approximate surface area is 245 Å². The SMILES string of the molecule is CCC(CC)CNC(=O)c1ccc2c(c1)c(Cc1ccc(C(=O)NS(=O)(=O)c3ccccc3Cl)cc1OC)cn2C. The highest BCUT2D eigenvalue weighted by atomic mass is 35.5. The van der Waals surface area contributed by atoms with Gasteiger partial charge in [-0.1, -0.05) is 56.5 Å². The molecule has 10 heteroatoms. The maximum atomic E-state index is 12.9. The van der Waals surface area contributed by atoms with Gasteiger partial charge in [-0.15, -0.1) is 0 Å². The number of nitrogens with one attached hydrogen (secondary N) is 2. The molecule has 216 valence electrons. The van der Waals surface area contributed by atoms with E-state index in [-0.39, 0.29) is 21.4 Å². The van der Waals surface area contributed by atoms with Gasteiger partial charge >= 0.3 is 0 Å². The zero-order valence-electron chi connectivity index (χ0n) is 23.5. The lowest BCUT2D eigenvalue weighted by Crippen LogP contribution is -2.30. The first-order valence-electron chi connectivity index (χ1n) is 13.4. The molecule has 0 atom stereocenters. The highest BCUT2D eigenvalue weighted by molar-refractivity contribution is 7.90. The van der Waals surface area contributed by atoms with Crippen molar-refractivity contribution in [3.63, 3.8) is 0 Å². The zero-order valence-corrected chi connectivity index (χ0v) is 25.1. The van der Waals surface area contributed by atoms with Crippen molar-refractivity contribution in [2.75, 3.05) is 13.7 Å². The number of fused-ring (bicyclic) bond motifs is 1. The predicted molar refractivity (Wildman–Crippen MR) is 161 cm³/mol. The fourth-order valence-corrected chi connectivity index (χ4v) is 6.30. The third-order valence-corrected chi connectivity index (χ3v) is 9.15. The maximum absolute atomic E-state index is 12.9. The third-order valence-electron chi connectivity index (χ3n) is 7.32. The lowest BCUT2D eigenvalue weighted by atomic mass is 10.00. The Balaban J connectivity index is 1.57. The highest BCUT2D eigenvalue weighted by Gasteiger charge is 2.22. The van der Waals surface area contributed by atoms with Crippen molar-refractivity contribution in [2.24, 2.45) is 13.0 Å². The van der Waals surface area contributed by atoms with E-state index in [1.165, 1.54) is 31.4 Å². The Morgan fingerprint density at radius 3 is 2.32 bits per heavy atom. The number of hydrogen-bond donors (Lipinski definition) is 2. The second kappa shape index (κ2) is 12.8. The van der Waals surface area contributed by atoms with Gasteiger partial charge in [0.05, 0.1) is 12.1 Å². The number of carbonyl (C=O) groups is 2. The fourth-order valence-electron chi connectivity index (χ4n) is 4.81. The van der Waals surface area contributed by atoms with E-state index in [4.69, 9.17) is 16.3 Å². The molecule has 0 saturated carbocycles. The molecule has 4 rings (SSSR count). The van der Waals surface area contributed by atoms with Crippen molar-refractivity contribution < 1.29 is 22.7 Å². The van der Waals surface area contributed by atoms with E-state index >= 15 is 0 Å². The van der Waals surface area contributed by atoms with Crippen LogP contribution in [0.25, 0.3) is 10.9 Å². The largest absolute Gasteiger partial charge is 0.496 e. The molecule has 1 heterocycles. The molecule has 3 aromatic carbocycles. The van der Waals surface area contributed by atoms with Gasteiger partial charge in [0.25, 0.3) is 21.8 Å². The minimum Gasteiger partial charge on any atom is -0.496 e. The zero-order chi connectivity index (χ0) is 29.7. The van der Waals surface area contributed by atoms with Crippen molar-refractivity contribution >= 4 is 44.3 Å². The first-order chi connectivity index (χ1) is 19.6. The van der Waals surface area contributed by atoms with Gasteiger partial charge in [-0.25, -0.2) is 13.1 Å². The molecule has 0 bridgehead atoms. The lowest BCUT2D eigenvalue weighted by molar-refractivity contribution is 0.0944. The summed E-state index contributed by atoms with van der Waals surface area (Å²) in [6.45, 7) is 4.89. The Morgan fingerprint density at radius 2 is 1.63 bits per heavy atom. The Kier molecular flexibility index (Phi) is 9.40. The molecule has 0 radical (unpaired) electrons. The molecule has 41 heavy (non-hydrogen) atoms. The van der Waals surface area contributed by atoms with Crippen molar-refractivity contribution in [1.82, 2.24) is 14.6 Å². The number of benzene rings is 3. The van der Waals surface area contributed by atoms with E-state index < -0.39 is 15.9 Å². The Hall–Kier alpha value is -3.82. The fraction of sp³-hybridized carbons (Fsp3) is 0.290. The van der Waals surface area contributed by atoms with Crippen LogP contribution < -0.4 is 14.8 Å². The Morgan fingerprint density at radius 1 is 0.951 bits per heavy atom. The quantitative estimate of drug-likeness (QED) is 0.231. The number of rotatable bonds is 11. The molecule has 4 aromatic rings. The van der Waals surface area contributed by atoms with Crippen LogP contribution in [0.4, 0.5) is 0 Å². The summed E-state index contributed by atoms with van der Waals surface area (Å²) in [5, 5.41) is 4.01. The van der Waals surface area contributed by atoms with Gasteiger partial charge in [0.1, 0.15) is 10.6 Å². The summed E-state index contributed by atoms with van der Waals surface area (Å²) in [5.41, 5.74) is 3.48. The van der Waals surface area contributed by atoms with Crippen molar-refractivity contribution in [3.8, 4) is 5.75 Å². The molecule has 0 aliphatic carbocycles. The van der Waals surface area contributed by atoms with Crippen LogP contribution in [0, 0.1) is 5.92 Å². The smallest absolute Gasteiger partial charge is 0.265 e. The number of sulfonamides is 1. The maximum Gasteiger partial charge on any atom is 0.265 e. The monoisotopic (exact) mass is 595 g/mol. The third kappa shape index (κ3) is 6.74. The number of halogens is 1. The topological polar surface area (TPSA) is 106 Å². The number of ether oxygens (including phenoxy) is 1. The van der Waals surface area contributed by atoms with Gasteiger partial charge in [0.15, 0.2) is 0 Å². The molecule has 0 unspecified atom stereocenters. The van der Waals surface area contributed by atoms with Crippen molar-refractivity contribution in [3.05, 3.63) is 94.1 Å². The Bertz CT molecular complexity index is 1690.